The van der Waals surface area contributed by atoms with Crippen molar-refractivity contribution in [2.45, 2.75) is 57.7 Å². The van der Waals surface area contributed by atoms with Gasteiger partial charge in [-0.25, -0.2) is 4.79 Å². The Morgan fingerprint density at radius 3 is 3.04 bits per heavy atom. The number of rotatable bonds is 6. The van der Waals surface area contributed by atoms with E-state index in [1.165, 1.54) is 0 Å². The van der Waals surface area contributed by atoms with E-state index in [0.29, 0.717) is 25.5 Å². The van der Waals surface area contributed by atoms with Gasteiger partial charge in [0.05, 0.1) is 19.3 Å². The molecular weight excluding hydrogens is 358 g/mol. The number of carbonyl (C=O) groups is 1. The Labute approximate surface area is 167 Å². The van der Waals surface area contributed by atoms with Crippen LogP contribution in [0.25, 0.3) is 0 Å². The highest BCUT2D eigenvalue weighted by molar-refractivity contribution is 5.74. The van der Waals surface area contributed by atoms with Gasteiger partial charge < -0.3 is 25.2 Å². The van der Waals surface area contributed by atoms with E-state index in [-0.39, 0.29) is 23.4 Å². The van der Waals surface area contributed by atoms with E-state index in [1.54, 1.807) is 6.07 Å². The zero-order valence-corrected chi connectivity index (χ0v) is 17.0. The Kier molecular flexibility index (Phi) is 7.02. The number of nitrogens with one attached hydrogen (secondary N) is 2. The second-order valence-electron chi connectivity index (χ2n) is 7.66. The minimum Gasteiger partial charge on any atom is -0.504 e. The Morgan fingerprint density at radius 1 is 1.39 bits per heavy atom. The van der Waals surface area contributed by atoms with Crippen LogP contribution in [0.3, 0.4) is 0 Å². The molecule has 3 rings (SSSR count). The first-order valence-corrected chi connectivity index (χ1v) is 10.4. The normalized spacial score (nSPS) is 25.4. The van der Waals surface area contributed by atoms with Crippen molar-refractivity contribution in [3.05, 3.63) is 23.8 Å². The molecule has 28 heavy (non-hydrogen) atoms. The largest absolute Gasteiger partial charge is 0.504 e. The molecule has 0 bridgehead atoms. The maximum atomic E-state index is 12.1. The van der Waals surface area contributed by atoms with E-state index in [1.807, 2.05) is 26.0 Å². The van der Waals surface area contributed by atoms with Crippen LogP contribution in [0.4, 0.5) is 4.79 Å². The van der Waals surface area contributed by atoms with E-state index >= 15 is 0 Å². The molecule has 1 aromatic carbocycles. The molecule has 2 atom stereocenters. The average molecular weight is 392 g/mol. The van der Waals surface area contributed by atoms with Crippen LogP contribution in [0, 0.1) is 0 Å². The van der Waals surface area contributed by atoms with Gasteiger partial charge in [-0.3, -0.25) is 4.90 Å². The number of hydrogen-bond acceptors (Lipinski definition) is 5. The summed E-state index contributed by atoms with van der Waals surface area (Å²) in [5, 5.41) is 15.9. The van der Waals surface area contributed by atoms with Crippen molar-refractivity contribution in [1.82, 2.24) is 15.5 Å². The Morgan fingerprint density at radius 2 is 2.25 bits per heavy atom. The first kappa shape index (κ1) is 20.7. The van der Waals surface area contributed by atoms with Crippen LogP contribution in [0.1, 0.15) is 45.1 Å². The van der Waals surface area contributed by atoms with Crippen molar-refractivity contribution >= 4 is 6.03 Å². The number of amides is 2. The fraction of sp³-hybridized carbons (Fsp3) is 0.667. The summed E-state index contributed by atoms with van der Waals surface area (Å²) in [5.74, 6) is 0.693. The SMILES string of the molecule is CCNC(=O)N[C@H]1CCCC[C@@]12CN(Cc1ccc(O)c(OCC)c1)CCO2. The van der Waals surface area contributed by atoms with Crippen molar-refractivity contribution in [2.75, 3.05) is 32.8 Å². The highest BCUT2D eigenvalue weighted by atomic mass is 16.5. The van der Waals surface area contributed by atoms with E-state index in [9.17, 15) is 9.90 Å². The van der Waals surface area contributed by atoms with Gasteiger partial charge >= 0.3 is 6.03 Å². The van der Waals surface area contributed by atoms with Crippen molar-refractivity contribution in [3.63, 3.8) is 0 Å². The summed E-state index contributed by atoms with van der Waals surface area (Å²) in [6, 6.07) is 5.44. The number of hydrogen-bond donors (Lipinski definition) is 3. The summed E-state index contributed by atoms with van der Waals surface area (Å²) < 4.78 is 11.8. The van der Waals surface area contributed by atoms with Gasteiger partial charge in [-0.15, -0.1) is 0 Å². The van der Waals surface area contributed by atoms with E-state index in [2.05, 4.69) is 15.5 Å². The predicted molar refractivity (Wildman–Crippen MR) is 108 cm³/mol. The monoisotopic (exact) mass is 391 g/mol. The second-order valence-corrected chi connectivity index (χ2v) is 7.66. The molecule has 0 unspecified atom stereocenters. The minimum absolute atomic E-state index is 0.0226. The quantitative estimate of drug-likeness (QED) is 0.694. The van der Waals surface area contributed by atoms with Gasteiger partial charge in [-0.05, 0) is 44.4 Å². The predicted octanol–water partition coefficient (Wildman–Crippen LogP) is 2.62. The molecule has 1 saturated carbocycles. The van der Waals surface area contributed by atoms with Crippen LogP contribution in [-0.2, 0) is 11.3 Å². The van der Waals surface area contributed by atoms with Crippen molar-refractivity contribution < 1.29 is 19.4 Å². The van der Waals surface area contributed by atoms with E-state index in [4.69, 9.17) is 9.47 Å². The van der Waals surface area contributed by atoms with Crippen molar-refractivity contribution in [1.29, 1.82) is 0 Å². The molecule has 1 saturated heterocycles. The summed E-state index contributed by atoms with van der Waals surface area (Å²) in [4.78, 5) is 14.5. The third-order valence-electron chi connectivity index (χ3n) is 5.64. The minimum atomic E-state index is -0.332. The molecular formula is C21H33N3O4. The summed E-state index contributed by atoms with van der Waals surface area (Å²) >= 11 is 0. The summed E-state index contributed by atoms with van der Waals surface area (Å²) in [5.41, 5.74) is 0.767. The number of phenolic OH excluding ortho intramolecular Hbond substituents is 1. The lowest BCUT2D eigenvalue weighted by atomic mass is 9.79. The van der Waals surface area contributed by atoms with Gasteiger partial charge in [0.1, 0.15) is 5.60 Å². The molecule has 1 aromatic rings. The lowest BCUT2D eigenvalue weighted by molar-refractivity contribution is -0.142. The number of phenols is 1. The van der Waals surface area contributed by atoms with Gasteiger partial charge in [-0.1, -0.05) is 18.9 Å². The molecule has 1 heterocycles. The van der Waals surface area contributed by atoms with Crippen LogP contribution in [0.5, 0.6) is 11.5 Å². The fourth-order valence-electron chi connectivity index (χ4n) is 4.35. The maximum Gasteiger partial charge on any atom is 0.315 e. The summed E-state index contributed by atoms with van der Waals surface area (Å²) in [7, 11) is 0. The molecule has 1 aliphatic carbocycles. The molecule has 3 N–H and O–H groups in total. The highest BCUT2D eigenvalue weighted by Gasteiger charge is 2.45. The second kappa shape index (κ2) is 9.47. The third kappa shape index (κ3) is 4.89. The zero-order chi connectivity index (χ0) is 20.0. The van der Waals surface area contributed by atoms with Gasteiger partial charge in [0.2, 0.25) is 0 Å². The molecule has 1 aliphatic heterocycles. The molecule has 7 nitrogen and oxygen atoms in total. The van der Waals surface area contributed by atoms with Crippen molar-refractivity contribution in [3.8, 4) is 11.5 Å². The van der Waals surface area contributed by atoms with Crippen LogP contribution in [0.15, 0.2) is 18.2 Å². The topological polar surface area (TPSA) is 83.1 Å². The van der Waals surface area contributed by atoms with Crippen LogP contribution in [0.2, 0.25) is 0 Å². The van der Waals surface area contributed by atoms with Crippen LogP contribution < -0.4 is 15.4 Å². The van der Waals surface area contributed by atoms with Gasteiger partial charge in [0.25, 0.3) is 0 Å². The summed E-state index contributed by atoms with van der Waals surface area (Å²) in [6.07, 6.45) is 4.13. The molecule has 7 heteroatoms. The fourth-order valence-corrected chi connectivity index (χ4v) is 4.35. The van der Waals surface area contributed by atoms with Gasteiger partial charge in [0, 0.05) is 26.2 Å². The molecule has 2 fully saturated rings. The zero-order valence-electron chi connectivity index (χ0n) is 17.0. The van der Waals surface area contributed by atoms with Crippen LogP contribution in [-0.4, -0.2) is 60.5 Å². The number of nitrogens with zero attached hydrogens (tertiary/aromatic N) is 1. The molecule has 2 aliphatic rings. The lowest BCUT2D eigenvalue weighted by Gasteiger charge is -2.49. The molecule has 0 aromatic heterocycles. The first-order valence-electron chi connectivity index (χ1n) is 10.4. The van der Waals surface area contributed by atoms with Crippen LogP contribution >= 0.6 is 0 Å². The number of ether oxygens (including phenoxy) is 2. The van der Waals surface area contributed by atoms with Gasteiger partial charge in [-0.2, -0.15) is 0 Å². The Balaban J connectivity index is 1.69. The number of aromatic hydroxyl groups is 1. The number of morpholine rings is 1. The van der Waals surface area contributed by atoms with Crippen molar-refractivity contribution in [2.24, 2.45) is 0 Å². The lowest BCUT2D eigenvalue weighted by Crippen LogP contribution is -2.64. The summed E-state index contributed by atoms with van der Waals surface area (Å²) in [6.45, 7) is 8.01. The standard InChI is InChI=1S/C21H33N3O4/c1-3-22-20(26)23-19-7-5-6-10-21(19)15-24(11-12-28-21)14-16-8-9-17(25)18(13-16)27-4-2/h8-9,13,19,25H,3-7,10-12,14-15H2,1-2H3,(H2,22,23,26)/t19-,21+/m0/s1. The number of carbonyl (C=O) groups excluding carboxylic acids is 1. The number of urea groups is 1. The number of benzene rings is 1. The molecule has 2 amide bonds. The third-order valence-corrected chi connectivity index (χ3v) is 5.64. The highest BCUT2D eigenvalue weighted by Crippen LogP contribution is 2.36. The Hall–Kier alpha value is -1.99. The van der Waals surface area contributed by atoms with E-state index < -0.39 is 0 Å². The maximum absolute atomic E-state index is 12.1. The first-order chi connectivity index (χ1) is 13.6. The average Bonchev–Trinajstić information content (AvgIpc) is 2.67. The van der Waals surface area contributed by atoms with Gasteiger partial charge in [0.15, 0.2) is 11.5 Å². The smallest absolute Gasteiger partial charge is 0.315 e. The molecule has 1 spiro atoms. The molecule has 0 radical (unpaired) electrons. The van der Waals surface area contributed by atoms with E-state index in [0.717, 1.165) is 50.9 Å². The Bertz CT molecular complexity index is 665. The molecule has 156 valence electrons.